The minimum absolute atomic E-state index is 0.0230. The minimum atomic E-state index is -0.490. The van der Waals surface area contributed by atoms with Gasteiger partial charge in [0.15, 0.2) is 0 Å². The van der Waals surface area contributed by atoms with Crippen molar-refractivity contribution in [2.75, 3.05) is 40.5 Å². The molecular weight excluding hydrogens is 420 g/mol. The first-order chi connectivity index (χ1) is 15.9. The van der Waals surface area contributed by atoms with Crippen molar-refractivity contribution >= 4 is 11.8 Å². The number of ether oxygens (including phenoxy) is 2. The van der Waals surface area contributed by atoms with Crippen molar-refractivity contribution in [1.29, 1.82) is 0 Å². The summed E-state index contributed by atoms with van der Waals surface area (Å²) in [7, 11) is 3.20. The van der Waals surface area contributed by atoms with E-state index in [1.165, 1.54) is 18.2 Å². The molecule has 1 aromatic carbocycles. The molecule has 0 spiro atoms. The molecule has 1 saturated carbocycles. The highest BCUT2D eigenvalue weighted by molar-refractivity contribution is 5.89. The van der Waals surface area contributed by atoms with E-state index in [1.807, 2.05) is 0 Å². The molecule has 2 aliphatic rings. The van der Waals surface area contributed by atoms with Crippen molar-refractivity contribution in [3.8, 4) is 0 Å². The highest BCUT2D eigenvalue weighted by Crippen LogP contribution is 2.26. The molecule has 8 heteroatoms. The second kappa shape index (κ2) is 12.5. The molecule has 0 aromatic heterocycles. The van der Waals surface area contributed by atoms with Crippen molar-refractivity contribution in [2.45, 2.75) is 69.7 Å². The quantitative estimate of drug-likeness (QED) is 0.549. The molecule has 1 aliphatic heterocycles. The van der Waals surface area contributed by atoms with Gasteiger partial charge in [-0.05, 0) is 44.6 Å². The molecule has 0 radical (unpaired) electrons. The summed E-state index contributed by atoms with van der Waals surface area (Å²) in [6.45, 7) is 4.63. The zero-order valence-electron chi connectivity index (χ0n) is 20.3. The number of rotatable bonds is 10. The molecule has 2 atom stereocenters. The van der Waals surface area contributed by atoms with Gasteiger partial charge in [0.1, 0.15) is 12.6 Å². The number of likely N-dealkylation sites (tertiary alicyclic amines) is 1. The van der Waals surface area contributed by atoms with Gasteiger partial charge >= 0.3 is 0 Å². The molecule has 2 fully saturated rings. The van der Waals surface area contributed by atoms with Crippen molar-refractivity contribution in [3.05, 3.63) is 35.4 Å². The van der Waals surface area contributed by atoms with E-state index >= 15 is 0 Å². The molecule has 33 heavy (non-hydrogen) atoms. The Labute approximate surface area is 197 Å². The standard InChI is InChI=1S/C25H40N4O4/c1-18-4-6-19(7-5-18)15-28(12-13-32-2)22-14-23(29(16-22)24(30)17-33-3)25(31)27-21-10-8-20(26)9-11-21/h4-7,20-23H,8-17,26H2,1-3H3,(H,27,31). The maximum Gasteiger partial charge on any atom is 0.249 e. The second-order valence-electron chi connectivity index (χ2n) is 9.45. The molecule has 0 bridgehead atoms. The van der Waals surface area contributed by atoms with E-state index in [-0.39, 0.29) is 36.5 Å². The molecule has 3 N–H and O–H groups in total. The maximum absolute atomic E-state index is 13.3. The highest BCUT2D eigenvalue weighted by atomic mass is 16.5. The Morgan fingerprint density at radius 1 is 1.12 bits per heavy atom. The van der Waals surface area contributed by atoms with Crippen LogP contribution in [0.1, 0.15) is 43.2 Å². The van der Waals surface area contributed by atoms with E-state index in [2.05, 4.69) is 41.4 Å². The summed E-state index contributed by atoms with van der Waals surface area (Å²) >= 11 is 0. The Morgan fingerprint density at radius 2 is 1.82 bits per heavy atom. The number of hydrogen-bond donors (Lipinski definition) is 2. The number of hydrogen-bond acceptors (Lipinski definition) is 6. The van der Waals surface area contributed by atoms with Gasteiger partial charge in [0.25, 0.3) is 0 Å². The van der Waals surface area contributed by atoms with Crippen molar-refractivity contribution in [1.82, 2.24) is 15.1 Å². The third kappa shape index (κ3) is 7.24. The summed E-state index contributed by atoms with van der Waals surface area (Å²) in [5, 5.41) is 3.19. The average Bonchev–Trinajstić information content (AvgIpc) is 3.25. The predicted molar refractivity (Wildman–Crippen MR) is 128 cm³/mol. The van der Waals surface area contributed by atoms with Gasteiger partial charge in [-0.25, -0.2) is 0 Å². The summed E-state index contributed by atoms with van der Waals surface area (Å²) in [6, 6.07) is 8.43. The van der Waals surface area contributed by atoms with E-state index in [4.69, 9.17) is 15.2 Å². The Balaban J connectivity index is 1.72. The topological polar surface area (TPSA) is 97.1 Å². The highest BCUT2D eigenvalue weighted by Gasteiger charge is 2.42. The molecule has 1 aliphatic carbocycles. The lowest BCUT2D eigenvalue weighted by molar-refractivity contribution is -0.141. The lowest BCUT2D eigenvalue weighted by atomic mass is 9.91. The number of amides is 2. The van der Waals surface area contributed by atoms with E-state index in [1.54, 1.807) is 12.0 Å². The average molecular weight is 461 g/mol. The zero-order valence-corrected chi connectivity index (χ0v) is 20.3. The molecule has 1 saturated heterocycles. The van der Waals surface area contributed by atoms with Crippen molar-refractivity contribution in [3.63, 3.8) is 0 Å². The van der Waals surface area contributed by atoms with E-state index in [0.717, 1.165) is 38.8 Å². The van der Waals surface area contributed by atoms with Crippen LogP contribution in [-0.4, -0.2) is 86.3 Å². The van der Waals surface area contributed by atoms with Gasteiger partial charge in [-0.2, -0.15) is 0 Å². The predicted octanol–water partition coefficient (Wildman–Crippen LogP) is 1.45. The van der Waals surface area contributed by atoms with E-state index in [0.29, 0.717) is 19.6 Å². The Bertz CT molecular complexity index is 764. The zero-order chi connectivity index (χ0) is 23.8. The van der Waals surface area contributed by atoms with Gasteiger partial charge < -0.3 is 25.4 Å². The molecular formula is C25H40N4O4. The maximum atomic E-state index is 13.3. The second-order valence-corrected chi connectivity index (χ2v) is 9.45. The summed E-state index contributed by atoms with van der Waals surface area (Å²) in [6.07, 6.45) is 4.23. The van der Waals surface area contributed by atoms with Crippen LogP contribution >= 0.6 is 0 Å². The summed E-state index contributed by atoms with van der Waals surface area (Å²) in [4.78, 5) is 30.1. The smallest absolute Gasteiger partial charge is 0.249 e. The van der Waals surface area contributed by atoms with Crippen LogP contribution in [0.3, 0.4) is 0 Å². The first-order valence-corrected chi connectivity index (χ1v) is 12.0. The Kier molecular flexibility index (Phi) is 9.67. The van der Waals surface area contributed by atoms with Crippen molar-refractivity contribution in [2.24, 2.45) is 5.73 Å². The van der Waals surface area contributed by atoms with Gasteiger partial charge in [-0.3, -0.25) is 14.5 Å². The van der Waals surface area contributed by atoms with Crippen LogP contribution < -0.4 is 11.1 Å². The first kappa shape index (κ1) is 25.6. The van der Waals surface area contributed by atoms with Crippen LogP contribution in [0.5, 0.6) is 0 Å². The Morgan fingerprint density at radius 3 is 2.45 bits per heavy atom. The fourth-order valence-electron chi connectivity index (χ4n) is 4.90. The third-order valence-corrected chi connectivity index (χ3v) is 6.89. The largest absolute Gasteiger partial charge is 0.383 e. The number of nitrogens with one attached hydrogen (secondary N) is 1. The van der Waals surface area contributed by atoms with Crippen LogP contribution in [0, 0.1) is 6.92 Å². The lowest BCUT2D eigenvalue weighted by Crippen LogP contribution is -2.50. The van der Waals surface area contributed by atoms with Gasteiger partial charge in [0.05, 0.1) is 6.61 Å². The number of carbonyl (C=O) groups is 2. The molecule has 8 nitrogen and oxygen atoms in total. The van der Waals surface area contributed by atoms with Crippen LogP contribution in [0.25, 0.3) is 0 Å². The van der Waals surface area contributed by atoms with Gasteiger partial charge in [-0.15, -0.1) is 0 Å². The van der Waals surface area contributed by atoms with Gasteiger partial charge in [-0.1, -0.05) is 29.8 Å². The van der Waals surface area contributed by atoms with Crippen LogP contribution in [0.2, 0.25) is 0 Å². The Hall–Kier alpha value is -2.00. The molecule has 2 amide bonds. The van der Waals surface area contributed by atoms with Gasteiger partial charge in [0.2, 0.25) is 11.8 Å². The number of methoxy groups -OCH3 is 2. The monoisotopic (exact) mass is 460 g/mol. The first-order valence-electron chi connectivity index (χ1n) is 12.0. The number of nitrogens with zero attached hydrogens (tertiary/aromatic N) is 2. The minimum Gasteiger partial charge on any atom is -0.383 e. The van der Waals surface area contributed by atoms with Gasteiger partial charge in [0, 0.05) is 52.0 Å². The third-order valence-electron chi connectivity index (χ3n) is 6.89. The van der Waals surface area contributed by atoms with Crippen molar-refractivity contribution < 1.29 is 19.1 Å². The molecule has 2 unspecified atom stereocenters. The molecule has 3 rings (SSSR count). The number of nitrogens with two attached hydrogens (primary N) is 1. The van der Waals surface area contributed by atoms with Crippen LogP contribution in [-0.2, 0) is 25.6 Å². The number of carbonyl (C=O) groups excluding carboxylic acids is 2. The van der Waals surface area contributed by atoms with E-state index < -0.39 is 6.04 Å². The molecule has 184 valence electrons. The number of aryl methyl sites for hydroxylation is 1. The van der Waals surface area contributed by atoms with Crippen LogP contribution in [0.15, 0.2) is 24.3 Å². The molecule has 1 aromatic rings. The number of benzene rings is 1. The molecule has 1 heterocycles. The van der Waals surface area contributed by atoms with E-state index in [9.17, 15) is 9.59 Å². The normalized spacial score (nSPS) is 25.4. The fraction of sp³-hybridized carbons (Fsp3) is 0.680. The summed E-state index contributed by atoms with van der Waals surface area (Å²) in [5.74, 6) is -0.211. The fourth-order valence-corrected chi connectivity index (χ4v) is 4.90. The summed E-state index contributed by atoms with van der Waals surface area (Å²) < 4.78 is 10.5. The summed E-state index contributed by atoms with van der Waals surface area (Å²) in [5.41, 5.74) is 8.44. The van der Waals surface area contributed by atoms with Crippen LogP contribution in [0.4, 0.5) is 0 Å². The lowest BCUT2D eigenvalue weighted by Gasteiger charge is -2.30. The SMILES string of the molecule is COCCN(Cc1ccc(C)cc1)C1CC(C(=O)NC2CCC(N)CC2)N(C(=O)COC)C1.